The first-order chi connectivity index (χ1) is 19.1. The number of urea groups is 1. The van der Waals surface area contributed by atoms with Gasteiger partial charge in [-0.1, -0.05) is 53.6 Å². The van der Waals surface area contributed by atoms with Crippen molar-refractivity contribution in [2.24, 2.45) is 5.92 Å². The van der Waals surface area contributed by atoms with Gasteiger partial charge in [0.1, 0.15) is 6.04 Å². The van der Waals surface area contributed by atoms with E-state index in [1.54, 1.807) is 17.0 Å². The quantitative estimate of drug-likeness (QED) is 0.359. The maximum absolute atomic E-state index is 13.4. The van der Waals surface area contributed by atoms with E-state index in [0.717, 1.165) is 16.7 Å². The standard InChI is InChI=1S/C29H35ClN4O6/c1-18-7-3-8-19(15-18)25-21(10-4-11-22(25)30)29(39,12-6-13-31-28(38)40-2)20-9-5-14-34(17-20)26(36)23-16-24(35)33-27(37)32-23/h3-4,7-8,10-11,15,20,23,39H,5-6,9,12-14,16-17H2,1-2H3,(H,31,38)(H2,32,33,35,37)/t20-,23+,29+/m1/s1. The number of ether oxygens (including phenoxy) is 1. The number of piperidine rings is 1. The minimum Gasteiger partial charge on any atom is -0.453 e. The molecule has 0 saturated carbocycles. The van der Waals surface area contributed by atoms with E-state index in [0.29, 0.717) is 36.4 Å². The van der Waals surface area contributed by atoms with Gasteiger partial charge in [0.2, 0.25) is 11.8 Å². The van der Waals surface area contributed by atoms with Gasteiger partial charge in [-0.3, -0.25) is 14.9 Å². The fourth-order valence-electron chi connectivity index (χ4n) is 5.70. The molecule has 4 rings (SSSR count). The summed E-state index contributed by atoms with van der Waals surface area (Å²) < 4.78 is 4.67. The molecule has 3 atom stereocenters. The zero-order valence-corrected chi connectivity index (χ0v) is 23.4. The van der Waals surface area contributed by atoms with E-state index in [4.69, 9.17) is 11.6 Å². The largest absolute Gasteiger partial charge is 0.453 e. The van der Waals surface area contributed by atoms with Crippen molar-refractivity contribution in [2.45, 2.75) is 50.7 Å². The van der Waals surface area contributed by atoms with E-state index in [1.165, 1.54) is 7.11 Å². The van der Waals surface area contributed by atoms with E-state index in [-0.39, 0.29) is 37.8 Å². The predicted molar refractivity (Wildman–Crippen MR) is 150 cm³/mol. The van der Waals surface area contributed by atoms with Crippen LogP contribution in [0, 0.1) is 12.8 Å². The number of aliphatic hydroxyl groups is 1. The van der Waals surface area contributed by atoms with Crippen molar-refractivity contribution in [3.63, 3.8) is 0 Å². The van der Waals surface area contributed by atoms with Crippen molar-refractivity contribution in [2.75, 3.05) is 26.7 Å². The number of carbonyl (C=O) groups is 4. The summed E-state index contributed by atoms with van der Waals surface area (Å²) in [5.74, 6) is -1.24. The number of carbonyl (C=O) groups excluding carboxylic acids is 4. The molecule has 0 spiro atoms. The highest BCUT2D eigenvalue weighted by Crippen LogP contribution is 2.45. The zero-order valence-electron chi connectivity index (χ0n) is 22.7. The van der Waals surface area contributed by atoms with Gasteiger partial charge < -0.3 is 25.4 Å². The molecule has 2 heterocycles. The summed E-state index contributed by atoms with van der Waals surface area (Å²) >= 11 is 6.76. The van der Waals surface area contributed by atoms with E-state index < -0.39 is 29.7 Å². The smallest absolute Gasteiger partial charge is 0.406 e. The summed E-state index contributed by atoms with van der Waals surface area (Å²) in [6.45, 7) is 2.95. The van der Waals surface area contributed by atoms with Crippen LogP contribution in [0.2, 0.25) is 5.02 Å². The lowest BCUT2D eigenvalue weighted by Crippen LogP contribution is -2.60. The van der Waals surface area contributed by atoms with Gasteiger partial charge in [0, 0.05) is 36.1 Å². The molecule has 40 heavy (non-hydrogen) atoms. The van der Waals surface area contributed by atoms with Crippen molar-refractivity contribution in [1.82, 2.24) is 20.9 Å². The van der Waals surface area contributed by atoms with Crippen LogP contribution < -0.4 is 16.0 Å². The molecule has 11 heteroatoms. The van der Waals surface area contributed by atoms with Gasteiger partial charge in [-0.25, -0.2) is 9.59 Å². The molecule has 214 valence electrons. The number of methoxy groups -OCH3 is 1. The Labute approximate surface area is 238 Å². The van der Waals surface area contributed by atoms with Gasteiger partial charge in [-0.15, -0.1) is 0 Å². The molecule has 2 fully saturated rings. The van der Waals surface area contributed by atoms with E-state index in [9.17, 15) is 24.3 Å². The molecule has 0 aliphatic carbocycles. The van der Waals surface area contributed by atoms with Crippen LogP contribution >= 0.6 is 11.6 Å². The van der Waals surface area contributed by atoms with Crippen LogP contribution in [-0.2, 0) is 19.9 Å². The molecule has 2 aromatic rings. The zero-order chi connectivity index (χ0) is 28.9. The van der Waals surface area contributed by atoms with Crippen molar-refractivity contribution >= 4 is 35.5 Å². The molecule has 5 amide bonds. The topological polar surface area (TPSA) is 137 Å². The van der Waals surface area contributed by atoms with Crippen LogP contribution in [0.15, 0.2) is 42.5 Å². The van der Waals surface area contributed by atoms with Crippen LogP contribution in [0.5, 0.6) is 0 Å². The fraction of sp³-hybridized carbons (Fsp3) is 0.448. The van der Waals surface area contributed by atoms with Crippen LogP contribution in [0.4, 0.5) is 9.59 Å². The number of amides is 5. The number of halogens is 1. The molecule has 2 saturated heterocycles. The molecule has 0 radical (unpaired) electrons. The number of benzene rings is 2. The fourth-order valence-corrected chi connectivity index (χ4v) is 5.99. The van der Waals surface area contributed by atoms with Crippen LogP contribution in [-0.4, -0.2) is 66.7 Å². The molecule has 0 bridgehead atoms. The number of rotatable bonds is 8. The lowest BCUT2D eigenvalue weighted by atomic mass is 9.72. The van der Waals surface area contributed by atoms with E-state index in [1.807, 2.05) is 37.3 Å². The number of imide groups is 1. The summed E-state index contributed by atoms with van der Waals surface area (Å²) in [6.07, 6.45) is 1.30. The molecule has 0 unspecified atom stereocenters. The van der Waals surface area contributed by atoms with Crippen LogP contribution in [0.3, 0.4) is 0 Å². The minimum atomic E-state index is -1.41. The Hall–Kier alpha value is -3.63. The Morgan fingerprint density at radius 1 is 1.23 bits per heavy atom. The van der Waals surface area contributed by atoms with Gasteiger partial charge in [0.05, 0.1) is 19.1 Å². The maximum atomic E-state index is 13.4. The average molecular weight is 571 g/mol. The lowest BCUT2D eigenvalue weighted by molar-refractivity contribution is -0.141. The number of aryl methyl sites for hydroxylation is 1. The van der Waals surface area contributed by atoms with Gasteiger partial charge in [0.15, 0.2) is 0 Å². The van der Waals surface area contributed by atoms with Gasteiger partial charge in [0.25, 0.3) is 0 Å². The summed E-state index contributed by atoms with van der Waals surface area (Å²) in [5, 5.41) is 20.4. The van der Waals surface area contributed by atoms with Crippen molar-refractivity contribution in [3.8, 4) is 11.1 Å². The highest BCUT2D eigenvalue weighted by molar-refractivity contribution is 6.33. The molecular weight excluding hydrogens is 536 g/mol. The van der Waals surface area contributed by atoms with E-state index >= 15 is 0 Å². The van der Waals surface area contributed by atoms with Crippen molar-refractivity contribution in [3.05, 3.63) is 58.6 Å². The summed E-state index contributed by atoms with van der Waals surface area (Å²) in [6, 6.07) is 11.7. The van der Waals surface area contributed by atoms with Crippen LogP contribution in [0.25, 0.3) is 11.1 Å². The van der Waals surface area contributed by atoms with Crippen LogP contribution in [0.1, 0.15) is 43.2 Å². The first-order valence-electron chi connectivity index (χ1n) is 13.4. The molecule has 2 aromatic carbocycles. The second-order valence-electron chi connectivity index (χ2n) is 10.4. The predicted octanol–water partition coefficient (Wildman–Crippen LogP) is 3.48. The Morgan fingerprint density at radius 3 is 2.73 bits per heavy atom. The highest BCUT2D eigenvalue weighted by Gasteiger charge is 2.44. The highest BCUT2D eigenvalue weighted by atomic mass is 35.5. The first-order valence-corrected chi connectivity index (χ1v) is 13.8. The molecule has 4 N–H and O–H groups in total. The van der Waals surface area contributed by atoms with E-state index in [2.05, 4.69) is 20.7 Å². The van der Waals surface area contributed by atoms with Crippen molar-refractivity contribution < 1.29 is 29.0 Å². The second kappa shape index (κ2) is 12.7. The number of likely N-dealkylation sites (tertiary alicyclic amines) is 1. The minimum absolute atomic E-state index is 0.138. The number of nitrogens with one attached hydrogen (secondary N) is 3. The third kappa shape index (κ3) is 6.56. The normalized spacial score (nSPS) is 20.6. The molecule has 2 aliphatic rings. The Morgan fingerprint density at radius 2 is 2.00 bits per heavy atom. The average Bonchev–Trinajstić information content (AvgIpc) is 2.94. The third-order valence-corrected chi connectivity index (χ3v) is 7.95. The molecular formula is C29H35ClN4O6. The summed E-state index contributed by atoms with van der Waals surface area (Å²) in [5.41, 5.74) is 1.87. The Bertz CT molecular complexity index is 1270. The van der Waals surface area contributed by atoms with Gasteiger partial charge in [-0.2, -0.15) is 0 Å². The van der Waals surface area contributed by atoms with Crippen molar-refractivity contribution in [1.29, 1.82) is 0 Å². The summed E-state index contributed by atoms with van der Waals surface area (Å²) in [4.78, 5) is 50.3. The van der Waals surface area contributed by atoms with Gasteiger partial charge in [-0.05, 0) is 49.8 Å². The maximum Gasteiger partial charge on any atom is 0.406 e. The first kappa shape index (κ1) is 29.4. The SMILES string of the molecule is COC(=O)NCCC[C@@](O)(c1cccc(Cl)c1-c1cccc(C)c1)[C@@H]1CCCN(C(=O)[C@@H]2CC(=O)NC(=O)N2)C1. The number of alkyl carbamates (subject to hydrolysis) is 1. The number of nitrogens with zero attached hydrogens (tertiary/aromatic N) is 1. The molecule has 10 nitrogen and oxygen atoms in total. The Balaban J connectivity index is 1.68. The number of hydrogen-bond donors (Lipinski definition) is 4. The Kier molecular flexibility index (Phi) is 9.32. The third-order valence-electron chi connectivity index (χ3n) is 7.63. The van der Waals surface area contributed by atoms with Gasteiger partial charge >= 0.3 is 12.1 Å². The molecule has 2 aliphatic heterocycles. The lowest BCUT2D eigenvalue weighted by Gasteiger charge is -2.44. The number of hydrogen-bond acceptors (Lipinski definition) is 6. The molecule has 0 aromatic heterocycles. The second-order valence-corrected chi connectivity index (χ2v) is 10.8. The summed E-state index contributed by atoms with van der Waals surface area (Å²) in [7, 11) is 1.29. The monoisotopic (exact) mass is 570 g/mol.